The van der Waals surface area contributed by atoms with Crippen LogP contribution >= 0.6 is 43.2 Å². The molecule has 4 heteroatoms. The van der Waals surface area contributed by atoms with Crippen LogP contribution in [0.5, 0.6) is 0 Å². The first-order chi connectivity index (χ1) is 8.19. The van der Waals surface area contributed by atoms with Crippen molar-refractivity contribution < 1.29 is 0 Å². The molecule has 0 aliphatic rings. The van der Waals surface area contributed by atoms with E-state index in [-0.39, 0.29) is 0 Å². The van der Waals surface area contributed by atoms with E-state index in [1.165, 1.54) is 51.7 Å². The first kappa shape index (κ1) is 15.7. The van der Waals surface area contributed by atoms with E-state index in [2.05, 4.69) is 57.2 Å². The Morgan fingerprint density at radius 3 is 2.47 bits per heavy atom. The van der Waals surface area contributed by atoms with Crippen LogP contribution in [0.3, 0.4) is 0 Å². The summed E-state index contributed by atoms with van der Waals surface area (Å²) < 4.78 is 2.36. The molecule has 1 unspecified atom stereocenters. The minimum Gasteiger partial charge on any atom is -0.312 e. The molecular weight excluding hydrogens is 362 g/mol. The highest BCUT2D eigenvalue weighted by atomic mass is 79.9. The summed E-state index contributed by atoms with van der Waals surface area (Å²) >= 11 is 8.93. The maximum Gasteiger partial charge on any atom is 0.0843 e. The van der Waals surface area contributed by atoms with Gasteiger partial charge >= 0.3 is 0 Å². The fraction of sp³-hybridized carbons (Fsp3) is 0.692. The molecule has 1 aromatic rings. The van der Waals surface area contributed by atoms with E-state index in [1.54, 1.807) is 0 Å². The molecule has 0 aliphatic heterocycles. The Labute approximate surface area is 126 Å². The van der Waals surface area contributed by atoms with Crippen molar-refractivity contribution in [1.29, 1.82) is 0 Å². The van der Waals surface area contributed by atoms with E-state index in [1.807, 2.05) is 11.3 Å². The third kappa shape index (κ3) is 5.41. The molecule has 0 bridgehead atoms. The summed E-state index contributed by atoms with van der Waals surface area (Å²) in [5.74, 6) is 0. The highest BCUT2D eigenvalue weighted by Gasteiger charge is 2.13. The zero-order chi connectivity index (χ0) is 12.7. The zero-order valence-corrected chi connectivity index (χ0v) is 14.6. The van der Waals surface area contributed by atoms with E-state index in [0.29, 0.717) is 6.04 Å². The molecule has 0 spiro atoms. The van der Waals surface area contributed by atoms with Crippen molar-refractivity contribution in [2.75, 3.05) is 7.05 Å². The van der Waals surface area contributed by atoms with E-state index in [9.17, 15) is 0 Å². The van der Waals surface area contributed by atoms with E-state index in [0.717, 1.165) is 0 Å². The standard InChI is InChI=1S/C13H21Br2NS/c1-3-4-5-6-7-8-11(16-2)12-9-10(14)13(15)17-12/h9,11,16H,3-8H2,1-2H3. The molecule has 98 valence electrons. The van der Waals surface area contributed by atoms with Gasteiger partial charge in [-0.15, -0.1) is 11.3 Å². The van der Waals surface area contributed by atoms with Gasteiger partial charge < -0.3 is 5.32 Å². The maximum absolute atomic E-state index is 3.56. The van der Waals surface area contributed by atoms with Gasteiger partial charge in [-0.05, 0) is 51.4 Å². The summed E-state index contributed by atoms with van der Waals surface area (Å²) in [5, 5.41) is 3.42. The average molecular weight is 383 g/mol. The Bertz CT molecular complexity index is 306. The molecule has 0 amide bonds. The Morgan fingerprint density at radius 1 is 1.24 bits per heavy atom. The SMILES string of the molecule is CCCCCCCC(NC)c1cc(Br)c(Br)s1. The second-order valence-electron chi connectivity index (χ2n) is 4.31. The second kappa shape index (κ2) is 8.68. The van der Waals surface area contributed by atoms with Crippen molar-refractivity contribution in [2.45, 2.75) is 51.5 Å². The number of halogens is 2. The lowest BCUT2D eigenvalue weighted by Crippen LogP contribution is -2.14. The normalized spacial score (nSPS) is 12.9. The molecule has 1 heterocycles. The molecule has 1 nitrogen and oxygen atoms in total. The molecule has 0 aliphatic carbocycles. The Kier molecular flexibility index (Phi) is 8.00. The van der Waals surface area contributed by atoms with Gasteiger partial charge in [-0.1, -0.05) is 39.0 Å². The van der Waals surface area contributed by atoms with Crippen molar-refractivity contribution in [3.63, 3.8) is 0 Å². The average Bonchev–Trinajstić information content (AvgIpc) is 2.64. The van der Waals surface area contributed by atoms with Gasteiger partial charge in [0, 0.05) is 15.4 Å². The van der Waals surface area contributed by atoms with Crippen molar-refractivity contribution in [1.82, 2.24) is 5.32 Å². The third-order valence-corrected chi connectivity index (χ3v) is 6.32. The van der Waals surface area contributed by atoms with Crippen LogP contribution in [0.1, 0.15) is 56.4 Å². The molecular formula is C13H21Br2NS. The van der Waals surface area contributed by atoms with Gasteiger partial charge in [0.25, 0.3) is 0 Å². The van der Waals surface area contributed by atoms with Crippen molar-refractivity contribution in [3.05, 3.63) is 19.2 Å². The van der Waals surface area contributed by atoms with Gasteiger partial charge in [-0.3, -0.25) is 0 Å². The van der Waals surface area contributed by atoms with Gasteiger partial charge in [0.1, 0.15) is 0 Å². The van der Waals surface area contributed by atoms with Crippen LogP contribution in [0.4, 0.5) is 0 Å². The van der Waals surface area contributed by atoms with Gasteiger partial charge in [-0.2, -0.15) is 0 Å². The lowest BCUT2D eigenvalue weighted by molar-refractivity contribution is 0.506. The molecule has 0 fully saturated rings. The van der Waals surface area contributed by atoms with Gasteiger partial charge in [0.15, 0.2) is 0 Å². The second-order valence-corrected chi connectivity index (χ2v) is 7.57. The molecule has 1 aromatic heterocycles. The number of hydrogen-bond acceptors (Lipinski definition) is 2. The highest BCUT2D eigenvalue weighted by molar-refractivity contribution is 9.13. The quantitative estimate of drug-likeness (QED) is 0.552. The maximum atomic E-state index is 3.56. The minimum atomic E-state index is 0.504. The molecule has 0 saturated heterocycles. The number of thiophene rings is 1. The predicted molar refractivity (Wildman–Crippen MR) is 84.9 cm³/mol. The molecule has 0 aromatic carbocycles. The van der Waals surface area contributed by atoms with Crippen LogP contribution in [-0.2, 0) is 0 Å². The minimum absolute atomic E-state index is 0.504. The monoisotopic (exact) mass is 381 g/mol. The van der Waals surface area contributed by atoms with Crippen LogP contribution in [0.2, 0.25) is 0 Å². The summed E-state index contributed by atoms with van der Waals surface area (Å²) in [6.07, 6.45) is 7.99. The smallest absolute Gasteiger partial charge is 0.0843 e. The summed E-state index contributed by atoms with van der Waals surface area (Å²) in [4.78, 5) is 1.42. The van der Waals surface area contributed by atoms with Gasteiger partial charge in [-0.25, -0.2) is 0 Å². The largest absolute Gasteiger partial charge is 0.312 e. The van der Waals surface area contributed by atoms with Crippen LogP contribution in [0.15, 0.2) is 14.3 Å². The van der Waals surface area contributed by atoms with E-state index in [4.69, 9.17) is 0 Å². The summed E-state index contributed by atoms with van der Waals surface area (Å²) in [5.41, 5.74) is 0. The van der Waals surface area contributed by atoms with E-state index < -0.39 is 0 Å². The fourth-order valence-electron chi connectivity index (χ4n) is 1.92. The molecule has 1 N–H and O–H groups in total. The Morgan fingerprint density at radius 2 is 1.94 bits per heavy atom. The van der Waals surface area contributed by atoms with Crippen LogP contribution < -0.4 is 5.32 Å². The number of hydrogen-bond donors (Lipinski definition) is 1. The van der Waals surface area contributed by atoms with Crippen molar-refractivity contribution >= 4 is 43.2 Å². The first-order valence-corrected chi connectivity index (χ1v) is 8.71. The zero-order valence-electron chi connectivity index (χ0n) is 10.6. The predicted octanol–water partition coefficient (Wildman–Crippen LogP) is 5.89. The molecule has 0 radical (unpaired) electrons. The summed E-state index contributed by atoms with van der Waals surface area (Å²) in [6.45, 7) is 2.26. The van der Waals surface area contributed by atoms with E-state index >= 15 is 0 Å². The van der Waals surface area contributed by atoms with Crippen LogP contribution in [0.25, 0.3) is 0 Å². The Balaban J connectivity index is 2.38. The van der Waals surface area contributed by atoms with Crippen LogP contribution in [-0.4, -0.2) is 7.05 Å². The Hall–Kier alpha value is 0.620. The summed E-state index contributed by atoms with van der Waals surface area (Å²) in [6, 6.07) is 2.73. The molecule has 1 atom stereocenters. The fourth-order valence-corrected chi connectivity index (χ4v) is 4.15. The number of unbranched alkanes of at least 4 members (excludes halogenated alkanes) is 4. The molecule has 17 heavy (non-hydrogen) atoms. The number of rotatable bonds is 8. The number of nitrogens with one attached hydrogen (secondary N) is 1. The van der Waals surface area contributed by atoms with Gasteiger partial charge in [0.05, 0.1) is 3.79 Å². The van der Waals surface area contributed by atoms with Crippen LogP contribution in [0, 0.1) is 0 Å². The van der Waals surface area contributed by atoms with Crippen molar-refractivity contribution in [3.8, 4) is 0 Å². The molecule has 1 rings (SSSR count). The third-order valence-electron chi connectivity index (χ3n) is 2.95. The lowest BCUT2D eigenvalue weighted by Gasteiger charge is -2.14. The first-order valence-electron chi connectivity index (χ1n) is 6.31. The highest BCUT2D eigenvalue weighted by Crippen LogP contribution is 2.36. The summed E-state index contributed by atoms with van der Waals surface area (Å²) in [7, 11) is 2.05. The van der Waals surface area contributed by atoms with Crippen molar-refractivity contribution in [2.24, 2.45) is 0 Å². The topological polar surface area (TPSA) is 12.0 Å². The molecule has 0 saturated carbocycles. The lowest BCUT2D eigenvalue weighted by atomic mass is 10.1. The van der Waals surface area contributed by atoms with Gasteiger partial charge in [0.2, 0.25) is 0 Å².